The zero-order valence-corrected chi connectivity index (χ0v) is 15.6. The highest BCUT2D eigenvalue weighted by Gasteiger charge is 2.47. The lowest BCUT2D eigenvalue weighted by Gasteiger charge is -2.31. The van der Waals surface area contributed by atoms with Gasteiger partial charge in [0, 0.05) is 31.6 Å². The predicted octanol–water partition coefficient (Wildman–Crippen LogP) is 1.27. The third-order valence-electron chi connectivity index (χ3n) is 2.15. The van der Waals surface area contributed by atoms with E-state index >= 15 is 0 Å². The lowest BCUT2D eigenvalue weighted by molar-refractivity contribution is 0.0199. The minimum atomic E-state index is -2.68. The van der Waals surface area contributed by atoms with Crippen molar-refractivity contribution in [1.29, 1.82) is 0 Å². The first-order chi connectivity index (χ1) is 8.47. The Morgan fingerprint density at radius 2 is 1.67 bits per heavy atom. The van der Waals surface area contributed by atoms with Crippen LogP contribution in [0.4, 0.5) is 0 Å². The van der Waals surface area contributed by atoms with Crippen LogP contribution in [0, 0.1) is 0 Å². The highest BCUT2D eigenvalue weighted by molar-refractivity contribution is 6.62. The van der Waals surface area contributed by atoms with Gasteiger partial charge in [0.2, 0.25) is 0 Å². The summed E-state index contributed by atoms with van der Waals surface area (Å²) in [6, 6.07) is 0. The average Bonchev–Trinajstić information content (AvgIpc) is 2.36. The fourth-order valence-electron chi connectivity index (χ4n) is 1.36. The van der Waals surface area contributed by atoms with Gasteiger partial charge in [-0.3, -0.25) is 0 Å². The first-order valence-corrected chi connectivity index (χ1v) is 8.92. The Balaban J connectivity index is 0. The van der Waals surface area contributed by atoms with E-state index in [0.29, 0.717) is 6.61 Å². The smallest absolute Gasteiger partial charge is 0.375 e. The van der Waals surface area contributed by atoms with Crippen molar-refractivity contribution in [2.75, 3.05) is 27.9 Å². The summed E-state index contributed by atoms with van der Waals surface area (Å²) < 4.78 is 21.8. The van der Waals surface area contributed by atoms with E-state index in [1.165, 1.54) is 0 Å². The Morgan fingerprint density at radius 3 is 1.89 bits per heavy atom. The molecule has 108 valence electrons. The van der Waals surface area contributed by atoms with Crippen molar-refractivity contribution >= 4 is 19.0 Å². The maximum Gasteiger partial charge on any atom is 0.530 e. The third kappa shape index (κ3) is 7.25. The van der Waals surface area contributed by atoms with Crippen LogP contribution in [-0.2, 0) is 18.0 Å². The van der Waals surface area contributed by atoms with Crippen molar-refractivity contribution in [2.45, 2.75) is 26.0 Å². The molecule has 1 unspecified atom stereocenters. The molecular formula is C12H28O4Si2. The van der Waals surface area contributed by atoms with E-state index in [0.717, 1.165) is 22.2 Å². The van der Waals surface area contributed by atoms with Gasteiger partial charge in [-0.25, -0.2) is 0 Å². The molecule has 0 aliphatic rings. The second-order valence-corrected chi connectivity index (χ2v) is 7.68. The van der Waals surface area contributed by atoms with Crippen LogP contribution in [0.25, 0.3) is 0 Å². The summed E-state index contributed by atoms with van der Waals surface area (Å²) in [5, 5.41) is 0. The van der Waals surface area contributed by atoms with Crippen LogP contribution in [-0.4, -0.2) is 52.7 Å². The van der Waals surface area contributed by atoms with E-state index in [-0.39, 0.29) is 5.73 Å². The molecule has 0 aromatic heterocycles. The van der Waals surface area contributed by atoms with Crippen LogP contribution >= 0.6 is 0 Å². The SMILES string of the molecule is C=C(C)COC(CC)[Si](OC)(OC)OC.C=C[SiH3]. The molecule has 0 fully saturated rings. The Morgan fingerprint density at radius 1 is 1.28 bits per heavy atom. The van der Waals surface area contributed by atoms with Crippen molar-refractivity contribution in [3.8, 4) is 0 Å². The van der Waals surface area contributed by atoms with Crippen molar-refractivity contribution < 1.29 is 18.0 Å². The van der Waals surface area contributed by atoms with Crippen molar-refractivity contribution in [3.63, 3.8) is 0 Å². The van der Waals surface area contributed by atoms with Gasteiger partial charge in [0.05, 0.1) is 6.61 Å². The van der Waals surface area contributed by atoms with Crippen LogP contribution in [0.1, 0.15) is 20.3 Å². The topological polar surface area (TPSA) is 36.9 Å². The molecule has 4 nitrogen and oxygen atoms in total. The first-order valence-electron chi connectivity index (χ1n) is 5.96. The molecule has 0 saturated heterocycles. The molecular weight excluding hydrogens is 264 g/mol. The molecule has 0 aliphatic heterocycles. The van der Waals surface area contributed by atoms with E-state index in [1.807, 2.05) is 19.5 Å². The fourth-order valence-corrected chi connectivity index (χ4v) is 3.43. The summed E-state index contributed by atoms with van der Waals surface area (Å²) in [4.78, 5) is 0. The number of ether oxygens (including phenoxy) is 1. The molecule has 0 spiro atoms. The molecule has 6 heteroatoms. The summed E-state index contributed by atoms with van der Waals surface area (Å²) in [6.45, 7) is 11.6. The fraction of sp³-hybridized carbons (Fsp3) is 0.667. The zero-order valence-electron chi connectivity index (χ0n) is 12.6. The van der Waals surface area contributed by atoms with Gasteiger partial charge < -0.3 is 18.0 Å². The Bertz CT molecular complexity index is 222. The maximum atomic E-state index is 5.68. The molecule has 0 saturated carbocycles. The van der Waals surface area contributed by atoms with E-state index in [2.05, 4.69) is 13.2 Å². The quantitative estimate of drug-likeness (QED) is 0.499. The second kappa shape index (κ2) is 11.8. The molecule has 0 N–H and O–H groups in total. The average molecular weight is 293 g/mol. The minimum Gasteiger partial charge on any atom is -0.375 e. The van der Waals surface area contributed by atoms with Gasteiger partial charge in [0.1, 0.15) is 5.73 Å². The van der Waals surface area contributed by atoms with Crippen molar-refractivity contribution in [1.82, 2.24) is 0 Å². The Labute approximate surface area is 116 Å². The highest BCUT2D eigenvalue weighted by atomic mass is 28.4. The highest BCUT2D eigenvalue weighted by Crippen LogP contribution is 2.18. The van der Waals surface area contributed by atoms with Gasteiger partial charge >= 0.3 is 8.80 Å². The Kier molecular flexibility index (Phi) is 13.2. The molecule has 0 aromatic carbocycles. The number of hydrogen-bond donors (Lipinski definition) is 0. The number of rotatable bonds is 8. The van der Waals surface area contributed by atoms with Gasteiger partial charge in [0.15, 0.2) is 0 Å². The minimum absolute atomic E-state index is 0.144. The molecule has 0 bridgehead atoms. The van der Waals surface area contributed by atoms with Crippen LogP contribution in [0.3, 0.4) is 0 Å². The summed E-state index contributed by atoms with van der Waals surface area (Å²) >= 11 is 0. The van der Waals surface area contributed by atoms with Crippen LogP contribution in [0.5, 0.6) is 0 Å². The summed E-state index contributed by atoms with van der Waals surface area (Å²) in [5.74, 6) is 0. The molecule has 0 heterocycles. The normalized spacial score (nSPS) is 12.5. The summed E-state index contributed by atoms with van der Waals surface area (Å²) in [6.07, 6.45) is 0.787. The molecule has 0 radical (unpaired) electrons. The lowest BCUT2D eigenvalue weighted by Crippen LogP contribution is -2.55. The first kappa shape index (κ1) is 20.1. The van der Waals surface area contributed by atoms with Gasteiger partial charge in [-0.05, 0) is 13.3 Å². The largest absolute Gasteiger partial charge is 0.530 e. The Hall–Kier alpha value is -0.246. The zero-order chi connectivity index (χ0) is 14.6. The van der Waals surface area contributed by atoms with Gasteiger partial charge in [-0.1, -0.05) is 19.1 Å². The van der Waals surface area contributed by atoms with Gasteiger partial charge in [-0.2, -0.15) is 0 Å². The van der Waals surface area contributed by atoms with Gasteiger partial charge in [-0.15, -0.1) is 12.3 Å². The van der Waals surface area contributed by atoms with Crippen LogP contribution < -0.4 is 0 Å². The maximum absolute atomic E-state index is 5.68. The summed E-state index contributed by atoms with van der Waals surface area (Å²) in [5.41, 5.74) is 2.72. The predicted molar refractivity (Wildman–Crippen MR) is 81.8 cm³/mol. The van der Waals surface area contributed by atoms with Crippen molar-refractivity contribution in [2.24, 2.45) is 0 Å². The molecule has 1 atom stereocenters. The van der Waals surface area contributed by atoms with E-state index in [1.54, 1.807) is 21.3 Å². The molecule has 18 heavy (non-hydrogen) atoms. The molecule has 0 rings (SSSR count). The van der Waals surface area contributed by atoms with E-state index < -0.39 is 8.80 Å². The third-order valence-corrected chi connectivity index (χ3v) is 5.22. The van der Waals surface area contributed by atoms with Crippen LogP contribution in [0.15, 0.2) is 24.4 Å². The van der Waals surface area contributed by atoms with E-state index in [4.69, 9.17) is 18.0 Å². The summed E-state index contributed by atoms with van der Waals surface area (Å²) in [7, 11) is 3.22. The van der Waals surface area contributed by atoms with Crippen LogP contribution in [0.2, 0.25) is 0 Å². The number of hydrogen-bond acceptors (Lipinski definition) is 4. The van der Waals surface area contributed by atoms with E-state index in [9.17, 15) is 0 Å². The monoisotopic (exact) mass is 292 g/mol. The molecule has 0 amide bonds. The molecule has 0 aliphatic carbocycles. The second-order valence-electron chi connectivity index (χ2n) is 3.79. The molecule has 0 aromatic rings. The standard InChI is InChI=1S/C10H22O4Si.C2H6Si/c1-7-10(14-8-9(2)3)15(11-4,12-5)13-6;1-2-3/h10H,2,7-8H2,1,3-6H3;2H,1H2,3H3. The lowest BCUT2D eigenvalue weighted by atomic mass is 10.4. The van der Waals surface area contributed by atoms with Crippen molar-refractivity contribution in [3.05, 3.63) is 24.4 Å². The van der Waals surface area contributed by atoms with Gasteiger partial charge in [0.25, 0.3) is 0 Å².